The van der Waals surface area contributed by atoms with Crippen molar-refractivity contribution in [1.29, 1.82) is 0 Å². The summed E-state index contributed by atoms with van der Waals surface area (Å²) in [4.78, 5) is 0. The predicted octanol–water partition coefficient (Wildman–Crippen LogP) is 5.08. The normalized spacial score (nSPS) is 23.5. The lowest BCUT2D eigenvalue weighted by atomic mass is 9.63. The van der Waals surface area contributed by atoms with E-state index in [1.807, 2.05) is 12.1 Å². The third-order valence-corrected chi connectivity index (χ3v) is 4.41. The topological polar surface area (TPSA) is 12.0 Å². The Bertz CT molecular complexity index is 448. The molecule has 1 N–H and O–H groups in total. The summed E-state index contributed by atoms with van der Waals surface area (Å²) in [7, 11) is 0. The van der Waals surface area contributed by atoms with E-state index in [2.05, 4.69) is 39.9 Å². The summed E-state index contributed by atoms with van der Waals surface area (Å²) in [5, 5.41) is 3.65. The van der Waals surface area contributed by atoms with Crippen LogP contribution in [0.25, 0.3) is 0 Å². The maximum Gasteiger partial charge on any atom is 0.127 e. The summed E-state index contributed by atoms with van der Waals surface area (Å²) in [5.74, 6) is -0.109. The van der Waals surface area contributed by atoms with Crippen LogP contribution < -0.4 is 5.32 Å². The molecule has 1 aliphatic carbocycles. The average molecular weight is 277 g/mol. The third-order valence-electron chi connectivity index (χ3n) is 4.41. The minimum atomic E-state index is -0.109. The van der Waals surface area contributed by atoms with Gasteiger partial charge in [0.15, 0.2) is 0 Å². The van der Waals surface area contributed by atoms with Crippen LogP contribution in [0.5, 0.6) is 0 Å². The van der Waals surface area contributed by atoms with Gasteiger partial charge in [-0.2, -0.15) is 0 Å². The van der Waals surface area contributed by atoms with E-state index in [0.29, 0.717) is 16.9 Å². The zero-order valence-electron chi connectivity index (χ0n) is 13.5. The molecule has 0 radical (unpaired) electrons. The van der Waals surface area contributed by atoms with Crippen molar-refractivity contribution in [2.75, 3.05) is 0 Å². The molecule has 1 aromatic carbocycles. The highest BCUT2D eigenvalue weighted by Gasteiger charge is 2.38. The second kappa shape index (κ2) is 5.48. The van der Waals surface area contributed by atoms with Crippen LogP contribution in [0.4, 0.5) is 4.39 Å². The number of hydrogen-bond donors (Lipinski definition) is 1. The first-order valence-electron chi connectivity index (χ1n) is 7.69. The Kier molecular flexibility index (Phi) is 4.24. The summed E-state index contributed by atoms with van der Waals surface area (Å²) in [6.45, 7) is 11.4. The number of hydrogen-bond acceptors (Lipinski definition) is 1. The molecule has 2 heteroatoms. The van der Waals surface area contributed by atoms with Gasteiger partial charge in [0.1, 0.15) is 5.82 Å². The highest BCUT2D eigenvalue weighted by atomic mass is 19.1. The zero-order chi connectivity index (χ0) is 15.0. The lowest BCUT2D eigenvalue weighted by molar-refractivity contribution is 0.0809. The Morgan fingerprint density at radius 2 is 1.65 bits per heavy atom. The minimum absolute atomic E-state index is 0.0610. The van der Waals surface area contributed by atoms with Crippen molar-refractivity contribution in [3.05, 3.63) is 35.6 Å². The summed E-state index contributed by atoms with van der Waals surface area (Å²) in [5.41, 5.74) is 1.48. The van der Waals surface area contributed by atoms with E-state index < -0.39 is 0 Å². The number of nitrogens with one attached hydrogen (secondary N) is 1. The fourth-order valence-electron chi connectivity index (χ4n) is 4.23. The number of benzene rings is 1. The Labute approximate surface area is 123 Å². The lowest BCUT2D eigenvalue weighted by Crippen LogP contribution is -2.44. The predicted molar refractivity (Wildman–Crippen MR) is 83.2 cm³/mol. The third kappa shape index (κ3) is 3.82. The molecule has 0 spiro atoms. The van der Waals surface area contributed by atoms with Gasteiger partial charge in [-0.3, -0.25) is 0 Å². The summed E-state index contributed by atoms with van der Waals surface area (Å²) >= 11 is 0. The molecular weight excluding hydrogens is 249 g/mol. The molecule has 1 fully saturated rings. The van der Waals surface area contributed by atoms with Gasteiger partial charge >= 0.3 is 0 Å². The Morgan fingerprint density at radius 3 is 2.20 bits per heavy atom. The Hall–Kier alpha value is -0.890. The highest BCUT2D eigenvalue weighted by molar-refractivity contribution is 5.20. The molecule has 0 aromatic heterocycles. The van der Waals surface area contributed by atoms with E-state index in [9.17, 15) is 4.39 Å². The van der Waals surface area contributed by atoms with Gasteiger partial charge in [0.25, 0.3) is 0 Å². The van der Waals surface area contributed by atoms with Gasteiger partial charge < -0.3 is 5.32 Å². The molecule has 0 aliphatic heterocycles. The van der Waals surface area contributed by atoms with Crippen LogP contribution in [-0.2, 0) is 0 Å². The lowest BCUT2D eigenvalue weighted by Gasteiger charge is -2.46. The second-order valence-electron chi connectivity index (χ2n) is 8.02. The van der Waals surface area contributed by atoms with E-state index in [1.165, 1.54) is 6.42 Å². The van der Waals surface area contributed by atoms with Gasteiger partial charge in [-0.25, -0.2) is 4.39 Å². The van der Waals surface area contributed by atoms with Crippen molar-refractivity contribution in [2.24, 2.45) is 10.8 Å². The van der Waals surface area contributed by atoms with E-state index in [4.69, 9.17) is 0 Å². The molecule has 0 heterocycles. The summed E-state index contributed by atoms with van der Waals surface area (Å²) in [6, 6.07) is 7.60. The highest BCUT2D eigenvalue weighted by Crippen LogP contribution is 2.46. The molecule has 1 saturated carbocycles. The van der Waals surface area contributed by atoms with Gasteiger partial charge in [-0.15, -0.1) is 0 Å². The smallest absolute Gasteiger partial charge is 0.127 e. The maximum atomic E-state index is 13.9. The quantitative estimate of drug-likeness (QED) is 0.812. The number of halogens is 1. The molecule has 1 aromatic rings. The Morgan fingerprint density at radius 1 is 1.10 bits per heavy atom. The van der Waals surface area contributed by atoms with Crippen molar-refractivity contribution < 1.29 is 4.39 Å². The van der Waals surface area contributed by atoms with Crippen LogP contribution >= 0.6 is 0 Å². The standard InChI is InChI=1S/C18H28FN/c1-13(15-8-6-7-9-16(15)19)20-14-10-17(2,3)12-18(4,5)11-14/h6-9,13-14,20H,10-12H2,1-5H3. The van der Waals surface area contributed by atoms with E-state index in [1.54, 1.807) is 12.1 Å². The summed E-state index contributed by atoms with van der Waals surface area (Å²) in [6.07, 6.45) is 3.58. The molecule has 0 saturated heterocycles. The average Bonchev–Trinajstić information content (AvgIpc) is 2.24. The summed E-state index contributed by atoms with van der Waals surface area (Å²) < 4.78 is 13.9. The number of rotatable bonds is 3. The van der Waals surface area contributed by atoms with Gasteiger partial charge in [0.05, 0.1) is 0 Å². The van der Waals surface area contributed by atoms with Gasteiger partial charge in [-0.1, -0.05) is 45.9 Å². The van der Waals surface area contributed by atoms with Crippen LogP contribution in [0.1, 0.15) is 65.5 Å². The fourth-order valence-corrected chi connectivity index (χ4v) is 4.23. The molecule has 1 unspecified atom stereocenters. The first kappa shape index (κ1) is 15.5. The minimum Gasteiger partial charge on any atom is -0.307 e. The molecule has 2 rings (SSSR count). The molecule has 1 nitrogen and oxygen atoms in total. The molecular formula is C18H28FN. The van der Waals surface area contributed by atoms with Crippen LogP contribution in [-0.4, -0.2) is 6.04 Å². The second-order valence-corrected chi connectivity index (χ2v) is 8.02. The van der Waals surface area contributed by atoms with Crippen molar-refractivity contribution >= 4 is 0 Å². The molecule has 0 bridgehead atoms. The van der Waals surface area contributed by atoms with E-state index in [0.717, 1.165) is 18.4 Å². The van der Waals surface area contributed by atoms with Crippen molar-refractivity contribution in [1.82, 2.24) is 5.32 Å². The maximum absolute atomic E-state index is 13.9. The van der Waals surface area contributed by atoms with Gasteiger partial charge in [-0.05, 0) is 43.1 Å². The molecule has 1 atom stereocenters. The SMILES string of the molecule is CC(NC1CC(C)(C)CC(C)(C)C1)c1ccccc1F. The van der Waals surface area contributed by atoms with Gasteiger partial charge in [0, 0.05) is 17.6 Å². The first-order chi connectivity index (χ1) is 9.19. The van der Waals surface area contributed by atoms with Crippen LogP contribution in [0.15, 0.2) is 24.3 Å². The van der Waals surface area contributed by atoms with Crippen molar-refractivity contribution in [2.45, 2.75) is 66.0 Å². The molecule has 20 heavy (non-hydrogen) atoms. The largest absolute Gasteiger partial charge is 0.307 e. The Balaban J connectivity index is 2.08. The zero-order valence-corrected chi connectivity index (χ0v) is 13.5. The van der Waals surface area contributed by atoms with Crippen LogP contribution in [0, 0.1) is 16.6 Å². The monoisotopic (exact) mass is 277 g/mol. The van der Waals surface area contributed by atoms with Crippen molar-refractivity contribution in [3.8, 4) is 0 Å². The van der Waals surface area contributed by atoms with Crippen LogP contribution in [0.3, 0.4) is 0 Å². The van der Waals surface area contributed by atoms with Gasteiger partial charge in [0.2, 0.25) is 0 Å². The molecule has 1 aliphatic rings. The van der Waals surface area contributed by atoms with Crippen LogP contribution in [0.2, 0.25) is 0 Å². The van der Waals surface area contributed by atoms with Crippen molar-refractivity contribution in [3.63, 3.8) is 0 Å². The first-order valence-corrected chi connectivity index (χ1v) is 7.69. The van der Waals surface area contributed by atoms with E-state index in [-0.39, 0.29) is 11.9 Å². The molecule has 112 valence electrons. The van der Waals surface area contributed by atoms with E-state index >= 15 is 0 Å². The molecule has 0 amide bonds. The fraction of sp³-hybridized carbons (Fsp3) is 0.667.